The molecule has 5 unspecified atom stereocenters. The molecule has 1 saturated heterocycles. The molecule has 1 aliphatic carbocycles. The summed E-state index contributed by atoms with van der Waals surface area (Å²) in [6.07, 6.45) is 17.4. The molecule has 1 amide bonds. The Morgan fingerprint density at radius 1 is 1.35 bits per heavy atom. The smallest absolute Gasteiger partial charge is 0.220 e. The number of hydrogen-bond acceptors (Lipinski definition) is 3. The molecule has 3 N–H and O–H groups in total. The van der Waals surface area contributed by atoms with Crippen LogP contribution in [0.25, 0.3) is 0 Å². The number of carbonyl (C=O) groups excluding carboxylic acids is 1. The van der Waals surface area contributed by atoms with Crippen LogP contribution in [0.15, 0.2) is 34.9 Å². The lowest BCUT2D eigenvalue weighted by atomic mass is 9.68. The molecule has 0 aromatic rings. The Bertz CT molecular complexity index is 793. The van der Waals surface area contributed by atoms with Gasteiger partial charge in [-0.2, -0.15) is 0 Å². The van der Waals surface area contributed by atoms with Gasteiger partial charge in [0.05, 0.1) is 16.8 Å². The molecule has 1 aliphatic heterocycles. The molecule has 1 heterocycles. The highest BCUT2D eigenvalue weighted by atomic mass is 16.5. The molecule has 0 bridgehead atoms. The van der Waals surface area contributed by atoms with Crippen LogP contribution in [0.1, 0.15) is 119 Å². The topological polar surface area (TPSA) is 72.6 Å². The largest absolute Gasteiger partial charge is 0.390 e. The summed E-state index contributed by atoms with van der Waals surface area (Å²) in [6.45, 7) is 15.1. The molecule has 4 nitrogen and oxygen atoms in total. The summed E-state index contributed by atoms with van der Waals surface area (Å²) < 4.78 is 6.97. The van der Waals surface area contributed by atoms with Crippen molar-refractivity contribution < 1.29 is 14.6 Å². The van der Waals surface area contributed by atoms with Gasteiger partial charge in [0, 0.05) is 11.8 Å². The molecular weight excluding hydrogens is 422 g/mol. The first-order valence-corrected chi connectivity index (χ1v) is 13.6. The van der Waals surface area contributed by atoms with E-state index in [4.69, 9.17) is 10.5 Å². The van der Waals surface area contributed by atoms with E-state index in [-0.39, 0.29) is 23.0 Å². The second-order valence-electron chi connectivity index (χ2n) is 11.8. The van der Waals surface area contributed by atoms with Gasteiger partial charge in [-0.05, 0) is 104 Å². The van der Waals surface area contributed by atoms with Gasteiger partial charge >= 0.3 is 0 Å². The van der Waals surface area contributed by atoms with E-state index in [1.165, 1.54) is 16.7 Å². The molecule has 2 rings (SSSR count). The Balaban J connectivity index is 1.79. The maximum absolute atomic E-state index is 11.2. The zero-order valence-electron chi connectivity index (χ0n) is 23.0. The summed E-state index contributed by atoms with van der Waals surface area (Å²) in [5, 5.41) is 10.7. The van der Waals surface area contributed by atoms with Crippen molar-refractivity contribution in [3.8, 4) is 0 Å². The van der Waals surface area contributed by atoms with Crippen molar-refractivity contribution in [2.24, 2.45) is 17.6 Å². The lowest BCUT2D eigenvalue weighted by molar-refractivity contribution is -0.175. The second-order valence-corrected chi connectivity index (χ2v) is 11.8. The fraction of sp³-hybridized carbons (Fsp3) is 0.767. The van der Waals surface area contributed by atoms with Gasteiger partial charge in [-0.25, -0.2) is 0 Å². The van der Waals surface area contributed by atoms with Gasteiger partial charge in [-0.15, -0.1) is 0 Å². The number of amides is 1. The van der Waals surface area contributed by atoms with Crippen LogP contribution in [0.5, 0.6) is 0 Å². The van der Waals surface area contributed by atoms with Crippen LogP contribution in [0.2, 0.25) is 0 Å². The van der Waals surface area contributed by atoms with Crippen molar-refractivity contribution >= 4 is 5.91 Å². The maximum atomic E-state index is 11.2. The van der Waals surface area contributed by atoms with Crippen LogP contribution < -0.4 is 5.73 Å². The average Bonchev–Trinajstić information content (AvgIpc) is 2.76. The Labute approximate surface area is 209 Å². The van der Waals surface area contributed by atoms with E-state index in [0.717, 1.165) is 64.2 Å². The Morgan fingerprint density at radius 2 is 2.03 bits per heavy atom. The lowest BCUT2D eigenvalue weighted by Gasteiger charge is -2.53. The summed E-state index contributed by atoms with van der Waals surface area (Å²) >= 11 is 0. The minimum atomic E-state index is -0.677. The molecular formula is C30H51NO3. The number of primary amides is 1. The molecule has 0 spiro atoms. The Kier molecular flexibility index (Phi) is 10.2. The highest BCUT2D eigenvalue weighted by Gasteiger charge is 2.49. The third-order valence-electron chi connectivity index (χ3n) is 8.64. The zero-order chi connectivity index (χ0) is 25.6. The number of fused-ring (bicyclic) bond motifs is 1. The minimum Gasteiger partial charge on any atom is -0.390 e. The van der Waals surface area contributed by atoms with Gasteiger partial charge in [0.2, 0.25) is 5.91 Å². The van der Waals surface area contributed by atoms with Crippen molar-refractivity contribution in [1.82, 2.24) is 0 Å². The van der Waals surface area contributed by atoms with E-state index < -0.39 is 5.60 Å². The number of rotatable bonds is 13. The third-order valence-corrected chi connectivity index (χ3v) is 8.64. The van der Waals surface area contributed by atoms with Crippen LogP contribution in [-0.4, -0.2) is 27.8 Å². The van der Waals surface area contributed by atoms with Gasteiger partial charge < -0.3 is 15.6 Å². The summed E-state index contributed by atoms with van der Waals surface area (Å²) in [4.78, 5) is 11.2. The molecule has 4 heteroatoms. The van der Waals surface area contributed by atoms with E-state index in [9.17, 15) is 9.90 Å². The van der Waals surface area contributed by atoms with Gasteiger partial charge in [-0.1, -0.05) is 50.1 Å². The van der Waals surface area contributed by atoms with E-state index >= 15 is 0 Å². The predicted octanol–water partition coefficient (Wildman–Crippen LogP) is 7.17. The SMILES string of the molecule is CCC12OC(C)(CC/C=C(\C)CCCC(C)(O)CCCC(C)C(N)=O)CCC1=CC=C(C)C2C. The zero-order valence-corrected chi connectivity index (χ0v) is 23.0. The summed E-state index contributed by atoms with van der Waals surface area (Å²) in [7, 11) is 0. The van der Waals surface area contributed by atoms with Crippen LogP contribution >= 0.6 is 0 Å². The highest BCUT2D eigenvalue weighted by molar-refractivity contribution is 5.76. The predicted molar refractivity (Wildman–Crippen MR) is 142 cm³/mol. The van der Waals surface area contributed by atoms with Crippen LogP contribution in [0.3, 0.4) is 0 Å². The van der Waals surface area contributed by atoms with Gasteiger partial charge in [0.25, 0.3) is 0 Å². The molecule has 0 radical (unpaired) electrons. The first-order chi connectivity index (χ1) is 15.8. The summed E-state index contributed by atoms with van der Waals surface area (Å²) in [5.41, 5.74) is 8.73. The minimum absolute atomic E-state index is 0.0816. The fourth-order valence-electron chi connectivity index (χ4n) is 5.81. The first kappa shape index (κ1) is 28.8. The van der Waals surface area contributed by atoms with E-state index in [1.54, 1.807) is 0 Å². The second kappa shape index (κ2) is 12.0. The molecule has 0 saturated carbocycles. The van der Waals surface area contributed by atoms with Gasteiger partial charge in [-0.3, -0.25) is 4.79 Å². The maximum Gasteiger partial charge on any atom is 0.220 e. The number of carbonyl (C=O) groups is 1. The lowest BCUT2D eigenvalue weighted by Crippen LogP contribution is -2.53. The fourth-order valence-corrected chi connectivity index (χ4v) is 5.81. The molecule has 0 aromatic heterocycles. The summed E-state index contributed by atoms with van der Waals surface area (Å²) in [5.74, 6) is 0.0590. The number of hydrogen-bond donors (Lipinski definition) is 2. The van der Waals surface area contributed by atoms with E-state index in [0.29, 0.717) is 12.3 Å². The Morgan fingerprint density at radius 3 is 2.68 bits per heavy atom. The van der Waals surface area contributed by atoms with E-state index in [2.05, 4.69) is 52.8 Å². The molecule has 194 valence electrons. The Hall–Kier alpha value is -1.39. The number of aliphatic hydroxyl groups is 1. The average molecular weight is 474 g/mol. The van der Waals surface area contributed by atoms with Crippen molar-refractivity contribution in [3.05, 3.63) is 34.9 Å². The monoisotopic (exact) mass is 473 g/mol. The molecule has 5 atom stereocenters. The number of ether oxygens (including phenoxy) is 1. The van der Waals surface area contributed by atoms with E-state index in [1.807, 2.05) is 13.8 Å². The molecule has 1 fully saturated rings. The van der Waals surface area contributed by atoms with Crippen LogP contribution in [-0.2, 0) is 9.53 Å². The van der Waals surface area contributed by atoms with Crippen LogP contribution in [0.4, 0.5) is 0 Å². The molecule has 2 aliphatic rings. The molecule has 34 heavy (non-hydrogen) atoms. The normalized spacial score (nSPS) is 30.1. The van der Waals surface area contributed by atoms with Gasteiger partial charge in [0.1, 0.15) is 0 Å². The highest BCUT2D eigenvalue weighted by Crippen LogP contribution is 2.50. The van der Waals surface area contributed by atoms with Crippen molar-refractivity contribution in [1.29, 1.82) is 0 Å². The standard InChI is InChI=1S/C30H51NO3/c1-8-30-25(5)23(3)15-16-26(30)17-21-29(7,34-30)20-10-13-22(2)12-9-18-28(6,33)19-11-14-24(4)27(31)32/h13,15-16,24-25,33H,8-12,14,17-21H2,1-7H3,(H2,31,32)/b22-13+. The van der Waals surface area contributed by atoms with Crippen molar-refractivity contribution in [2.75, 3.05) is 0 Å². The quantitative estimate of drug-likeness (QED) is 0.279. The first-order valence-electron chi connectivity index (χ1n) is 13.6. The van der Waals surface area contributed by atoms with Crippen molar-refractivity contribution in [2.45, 2.75) is 136 Å². The summed E-state index contributed by atoms with van der Waals surface area (Å²) in [6, 6.07) is 0. The van der Waals surface area contributed by atoms with Gasteiger partial charge in [0.15, 0.2) is 0 Å². The number of nitrogens with two attached hydrogens (primary N) is 1. The van der Waals surface area contributed by atoms with Crippen LogP contribution in [0, 0.1) is 11.8 Å². The number of allylic oxidation sites excluding steroid dienone is 4. The third kappa shape index (κ3) is 7.55. The van der Waals surface area contributed by atoms with Crippen molar-refractivity contribution in [3.63, 3.8) is 0 Å². The molecule has 0 aromatic carbocycles.